The van der Waals surface area contributed by atoms with Gasteiger partial charge in [0.2, 0.25) is 0 Å². The van der Waals surface area contributed by atoms with Crippen molar-refractivity contribution in [2.24, 2.45) is 0 Å². The van der Waals surface area contributed by atoms with Gasteiger partial charge in [-0.1, -0.05) is 59.1 Å². The number of phenolic OH excluding ortho intramolecular Hbond substituents is 3. The van der Waals surface area contributed by atoms with Crippen molar-refractivity contribution in [1.82, 2.24) is 0 Å². The van der Waals surface area contributed by atoms with Crippen LogP contribution in [-0.4, -0.2) is 15.3 Å². The van der Waals surface area contributed by atoms with Gasteiger partial charge in [-0.15, -0.1) is 0 Å². The Morgan fingerprint density at radius 2 is 1.59 bits per heavy atom. The van der Waals surface area contributed by atoms with Crippen molar-refractivity contribution < 1.29 is 15.3 Å². The second kappa shape index (κ2) is 9.16. The first-order valence-corrected chi connectivity index (χ1v) is 10.2. The molecule has 2 aromatic carbocycles. The number of benzene rings is 2. The number of hydrogen-bond acceptors (Lipinski definition) is 3. The molecule has 0 saturated carbocycles. The van der Waals surface area contributed by atoms with Crippen LogP contribution in [0.4, 0.5) is 0 Å². The Morgan fingerprint density at radius 3 is 2.26 bits per heavy atom. The summed E-state index contributed by atoms with van der Waals surface area (Å²) in [6.45, 7) is 8.48. The maximum absolute atomic E-state index is 10.6. The van der Waals surface area contributed by atoms with Gasteiger partial charge in [0.1, 0.15) is 17.2 Å². The van der Waals surface area contributed by atoms with Gasteiger partial charge in [-0.3, -0.25) is 0 Å². The molecular formula is C24H34O3. The SMILES string of the molecule is CCCCCCc1ccc(O)c(C(C)(CC)C(C)c2cc(O)ccc2O)c1. The standard InChI is InChI=1S/C24H34O3/c1-5-7-8-9-10-18-11-13-23(27)21(15-18)24(4,6-2)17(3)20-16-19(25)12-14-22(20)26/h11-17,25-27H,5-10H2,1-4H3. The average molecular weight is 371 g/mol. The third-order valence-corrected chi connectivity index (χ3v) is 6.16. The van der Waals surface area contributed by atoms with Gasteiger partial charge < -0.3 is 15.3 Å². The van der Waals surface area contributed by atoms with E-state index < -0.39 is 0 Å². The van der Waals surface area contributed by atoms with Gasteiger partial charge in [0.25, 0.3) is 0 Å². The Kier molecular flexibility index (Phi) is 7.18. The highest BCUT2D eigenvalue weighted by Gasteiger charge is 2.36. The average Bonchev–Trinajstić information content (AvgIpc) is 2.67. The van der Waals surface area contributed by atoms with Crippen LogP contribution in [0.5, 0.6) is 17.2 Å². The molecule has 2 atom stereocenters. The van der Waals surface area contributed by atoms with Gasteiger partial charge in [-0.05, 0) is 55.0 Å². The summed E-state index contributed by atoms with van der Waals surface area (Å²) in [7, 11) is 0. The molecule has 0 heterocycles. The molecule has 0 fully saturated rings. The molecule has 0 spiro atoms. The predicted octanol–water partition coefficient (Wildman–Crippen LogP) is 6.40. The second-order valence-electron chi connectivity index (χ2n) is 7.90. The van der Waals surface area contributed by atoms with Crippen molar-refractivity contribution in [3.63, 3.8) is 0 Å². The van der Waals surface area contributed by atoms with Crippen molar-refractivity contribution in [2.75, 3.05) is 0 Å². The molecule has 0 saturated heterocycles. The molecule has 0 amide bonds. The smallest absolute Gasteiger partial charge is 0.119 e. The lowest BCUT2D eigenvalue weighted by Gasteiger charge is -2.37. The lowest BCUT2D eigenvalue weighted by molar-refractivity contribution is 0.347. The quantitative estimate of drug-likeness (QED) is 0.354. The van der Waals surface area contributed by atoms with Crippen molar-refractivity contribution >= 4 is 0 Å². The number of hydrogen-bond donors (Lipinski definition) is 3. The fourth-order valence-corrected chi connectivity index (χ4v) is 3.91. The molecule has 3 heteroatoms. The van der Waals surface area contributed by atoms with E-state index in [2.05, 4.69) is 26.8 Å². The number of aryl methyl sites for hydroxylation is 1. The minimum absolute atomic E-state index is 0.0733. The zero-order chi connectivity index (χ0) is 20.0. The van der Waals surface area contributed by atoms with Gasteiger partial charge in [0, 0.05) is 16.5 Å². The second-order valence-corrected chi connectivity index (χ2v) is 7.90. The highest BCUT2D eigenvalue weighted by atomic mass is 16.3. The molecule has 2 rings (SSSR count). The first-order valence-electron chi connectivity index (χ1n) is 10.2. The molecule has 0 aliphatic heterocycles. The summed E-state index contributed by atoms with van der Waals surface area (Å²) in [6.07, 6.45) is 6.68. The van der Waals surface area contributed by atoms with E-state index in [-0.39, 0.29) is 22.8 Å². The van der Waals surface area contributed by atoms with Crippen LogP contribution in [-0.2, 0) is 11.8 Å². The third-order valence-electron chi connectivity index (χ3n) is 6.16. The van der Waals surface area contributed by atoms with Crippen molar-refractivity contribution in [3.8, 4) is 17.2 Å². The van der Waals surface area contributed by atoms with Crippen LogP contribution < -0.4 is 0 Å². The van der Waals surface area contributed by atoms with E-state index in [0.717, 1.165) is 24.8 Å². The Bertz CT molecular complexity index is 753. The molecule has 27 heavy (non-hydrogen) atoms. The minimum Gasteiger partial charge on any atom is -0.508 e. The van der Waals surface area contributed by atoms with E-state index in [0.29, 0.717) is 11.3 Å². The normalized spacial score (nSPS) is 14.7. The van der Waals surface area contributed by atoms with Crippen LogP contribution in [0, 0.1) is 0 Å². The van der Waals surface area contributed by atoms with E-state index in [1.165, 1.54) is 37.0 Å². The molecule has 0 aromatic heterocycles. The molecule has 3 N–H and O–H groups in total. The lowest BCUT2D eigenvalue weighted by atomic mass is 9.67. The van der Waals surface area contributed by atoms with E-state index >= 15 is 0 Å². The number of unbranched alkanes of at least 4 members (excludes halogenated alkanes) is 3. The van der Waals surface area contributed by atoms with E-state index in [9.17, 15) is 15.3 Å². The van der Waals surface area contributed by atoms with Crippen LogP contribution >= 0.6 is 0 Å². The zero-order valence-electron chi connectivity index (χ0n) is 17.1. The van der Waals surface area contributed by atoms with E-state index in [4.69, 9.17) is 0 Å². The summed E-state index contributed by atoms with van der Waals surface area (Å²) in [5, 5.41) is 30.8. The van der Waals surface area contributed by atoms with Gasteiger partial charge >= 0.3 is 0 Å². The maximum atomic E-state index is 10.6. The summed E-state index contributed by atoms with van der Waals surface area (Å²) < 4.78 is 0. The monoisotopic (exact) mass is 370 g/mol. The zero-order valence-corrected chi connectivity index (χ0v) is 17.1. The fraction of sp³-hybridized carbons (Fsp3) is 0.500. The molecule has 2 aromatic rings. The summed E-state index contributed by atoms with van der Waals surface area (Å²) in [6, 6.07) is 10.6. The van der Waals surface area contributed by atoms with Crippen molar-refractivity contribution in [2.45, 2.75) is 77.6 Å². The largest absolute Gasteiger partial charge is 0.508 e. The summed E-state index contributed by atoms with van der Waals surface area (Å²) in [5.74, 6) is 0.538. The van der Waals surface area contributed by atoms with Gasteiger partial charge in [-0.2, -0.15) is 0 Å². The number of aromatic hydroxyl groups is 3. The van der Waals surface area contributed by atoms with Crippen LogP contribution in [0.15, 0.2) is 36.4 Å². The minimum atomic E-state index is -0.366. The molecule has 0 aliphatic rings. The summed E-state index contributed by atoms with van der Waals surface area (Å²) in [5.41, 5.74) is 2.49. The molecule has 0 bridgehead atoms. The Balaban J connectivity index is 2.37. The number of rotatable bonds is 9. The maximum Gasteiger partial charge on any atom is 0.119 e. The van der Waals surface area contributed by atoms with E-state index in [1.807, 2.05) is 13.0 Å². The van der Waals surface area contributed by atoms with Crippen LogP contribution in [0.2, 0.25) is 0 Å². The van der Waals surface area contributed by atoms with E-state index in [1.54, 1.807) is 12.1 Å². The van der Waals surface area contributed by atoms with Gasteiger partial charge in [0.15, 0.2) is 0 Å². The lowest BCUT2D eigenvalue weighted by Crippen LogP contribution is -2.28. The first-order chi connectivity index (χ1) is 12.8. The van der Waals surface area contributed by atoms with Crippen LogP contribution in [0.25, 0.3) is 0 Å². The predicted molar refractivity (Wildman–Crippen MR) is 112 cm³/mol. The molecule has 148 valence electrons. The molecule has 0 aliphatic carbocycles. The molecule has 2 unspecified atom stereocenters. The van der Waals surface area contributed by atoms with Crippen LogP contribution in [0.1, 0.15) is 82.4 Å². The number of phenols is 3. The third kappa shape index (κ3) is 4.77. The Labute approximate surface area is 163 Å². The Morgan fingerprint density at radius 1 is 0.889 bits per heavy atom. The van der Waals surface area contributed by atoms with Gasteiger partial charge in [0.05, 0.1) is 0 Å². The molecule has 0 radical (unpaired) electrons. The van der Waals surface area contributed by atoms with Crippen LogP contribution in [0.3, 0.4) is 0 Å². The molecule has 3 nitrogen and oxygen atoms in total. The highest BCUT2D eigenvalue weighted by Crippen LogP contribution is 2.47. The first kappa shape index (κ1) is 21.1. The van der Waals surface area contributed by atoms with Crippen molar-refractivity contribution in [3.05, 3.63) is 53.1 Å². The highest BCUT2D eigenvalue weighted by molar-refractivity contribution is 5.48. The summed E-state index contributed by atoms with van der Waals surface area (Å²) in [4.78, 5) is 0. The van der Waals surface area contributed by atoms with Crippen molar-refractivity contribution in [1.29, 1.82) is 0 Å². The fourth-order valence-electron chi connectivity index (χ4n) is 3.91. The summed E-state index contributed by atoms with van der Waals surface area (Å²) >= 11 is 0. The topological polar surface area (TPSA) is 60.7 Å². The molecular weight excluding hydrogens is 336 g/mol. The van der Waals surface area contributed by atoms with Gasteiger partial charge in [-0.25, -0.2) is 0 Å². The Hall–Kier alpha value is -2.16.